The number of Topliss-reactive ketones (excluding diaryl/α,β-unsaturated/α-hetero) is 2. The minimum absolute atomic E-state index is 0.00846. The van der Waals surface area contributed by atoms with Gasteiger partial charge in [0.1, 0.15) is 23.2 Å². The molecule has 0 N–H and O–H groups in total. The van der Waals surface area contributed by atoms with Crippen LogP contribution < -0.4 is 4.74 Å². The molecule has 1 aliphatic rings. The van der Waals surface area contributed by atoms with E-state index < -0.39 is 17.8 Å². The van der Waals surface area contributed by atoms with E-state index in [1.165, 1.54) is 13.8 Å². The van der Waals surface area contributed by atoms with Crippen LogP contribution >= 0.6 is 0 Å². The smallest absolute Gasteiger partial charge is 0.317 e. The lowest BCUT2D eigenvalue weighted by Crippen LogP contribution is -2.39. The molecule has 0 aliphatic carbocycles. The summed E-state index contributed by atoms with van der Waals surface area (Å²) in [4.78, 5) is 36.1. The largest absolute Gasteiger partial charge is 0.493 e. The first-order valence-electron chi connectivity index (χ1n) is 7.84. The third kappa shape index (κ3) is 3.78. The fraction of sp³-hybridized carbons (Fsp3) is 0.500. The van der Waals surface area contributed by atoms with Gasteiger partial charge in [-0.2, -0.15) is 0 Å². The monoisotopic (exact) mass is 318 g/mol. The summed E-state index contributed by atoms with van der Waals surface area (Å²) in [6, 6.07) is 7.35. The summed E-state index contributed by atoms with van der Waals surface area (Å²) in [5, 5.41) is 0. The Bertz CT molecular complexity index is 607. The minimum Gasteiger partial charge on any atom is -0.493 e. The summed E-state index contributed by atoms with van der Waals surface area (Å²) < 4.78 is 10.8. The van der Waals surface area contributed by atoms with Crippen molar-refractivity contribution in [2.45, 2.75) is 33.1 Å². The van der Waals surface area contributed by atoms with Crippen LogP contribution in [0.2, 0.25) is 0 Å². The van der Waals surface area contributed by atoms with Crippen molar-refractivity contribution in [1.82, 2.24) is 0 Å². The normalized spacial score (nSPS) is 20.8. The topological polar surface area (TPSA) is 69.7 Å². The van der Waals surface area contributed by atoms with Gasteiger partial charge in [-0.05, 0) is 32.4 Å². The van der Waals surface area contributed by atoms with Crippen molar-refractivity contribution in [3.8, 4) is 5.75 Å². The summed E-state index contributed by atoms with van der Waals surface area (Å²) in [5.74, 6) is -1.65. The van der Waals surface area contributed by atoms with Gasteiger partial charge >= 0.3 is 5.97 Å². The number of fused-ring (bicyclic) bond motifs is 1. The van der Waals surface area contributed by atoms with Crippen molar-refractivity contribution in [3.05, 3.63) is 29.8 Å². The van der Waals surface area contributed by atoms with Gasteiger partial charge in [0.25, 0.3) is 0 Å². The maximum Gasteiger partial charge on any atom is 0.317 e. The highest BCUT2D eigenvalue weighted by atomic mass is 16.5. The van der Waals surface area contributed by atoms with E-state index in [4.69, 9.17) is 9.47 Å². The second-order valence-corrected chi connectivity index (χ2v) is 5.88. The second kappa shape index (κ2) is 7.40. The number of hydrogen-bond acceptors (Lipinski definition) is 5. The van der Waals surface area contributed by atoms with Gasteiger partial charge < -0.3 is 14.3 Å². The van der Waals surface area contributed by atoms with E-state index in [0.717, 1.165) is 5.56 Å². The van der Waals surface area contributed by atoms with E-state index in [-0.39, 0.29) is 30.5 Å². The van der Waals surface area contributed by atoms with Gasteiger partial charge in [-0.15, -0.1) is 0 Å². The SMILES string of the molecule is CCOC(=O)C(C(C)=O)C1c2ccccc2OCC1CC(C)=O. The highest BCUT2D eigenvalue weighted by molar-refractivity contribution is 5.99. The predicted octanol–water partition coefficient (Wildman–Crippen LogP) is 2.53. The molecule has 0 fully saturated rings. The van der Waals surface area contributed by atoms with Crippen LogP contribution in [-0.2, 0) is 19.1 Å². The van der Waals surface area contributed by atoms with Crippen LogP contribution in [0.15, 0.2) is 24.3 Å². The van der Waals surface area contributed by atoms with Crippen molar-refractivity contribution in [3.63, 3.8) is 0 Å². The van der Waals surface area contributed by atoms with Crippen LogP contribution in [0.3, 0.4) is 0 Å². The zero-order valence-corrected chi connectivity index (χ0v) is 13.7. The average molecular weight is 318 g/mol. The van der Waals surface area contributed by atoms with Gasteiger partial charge in [0.2, 0.25) is 0 Å². The number of benzene rings is 1. The van der Waals surface area contributed by atoms with Crippen LogP contribution in [0.5, 0.6) is 5.75 Å². The zero-order valence-electron chi connectivity index (χ0n) is 13.7. The quantitative estimate of drug-likeness (QED) is 0.595. The minimum atomic E-state index is -0.913. The third-order valence-corrected chi connectivity index (χ3v) is 4.13. The summed E-state index contributed by atoms with van der Waals surface area (Å²) in [6.07, 6.45) is 0.266. The van der Waals surface area contributed by atoms with Crippen LogP contribution in [0, 0.1) is 11.8 Å². The molecular formula is C18H22O5. The fourth-order valence-electron chi connectivity index (χ4n) is 3.25. The Balaban J connectivity index is 2.47. The Kier molecular flexibility index (Phi) is 5.53. The van der Waals surface area contributed by atoms with Crippen molar-refractivity contribution in [2.24, 2.45) is 11.8 Å². The Morgan fingerprint density at radius 1 is 1.26 bits per heavy atom. The van der Waals surface area contributed by atoms with Crippen LogP contribution in [0.1, 0.15) is 38.7 Å². The second-order valence-electron chi connectivity index (χ2n) is 5.88. The first-order valence-corrected chi connectivity index (χ1v) is 7.84. The standard InChI is InChI=1S/C18H22O5/c1-4-22-18(21)16(12(3)20)17-13(9-11(2)19)10-23-15-8-6-5-7-14(15)17/h5-8,13,16-17H,4,9-10H2,1-3H3. The molecule has 5 heteroatoms. The highest BCUT2D eigenvalue weighted by Gasteiger charge is 2.43. The van der Waals surface area contributed by atoms with Gasteiger partial charge in [-0.1, -0.05) is 18.2 Å². The molecule has 0 saturated carbocycles. The highest BCUT2D eigenvalue weighted by Crippen LogP contribution is 2.43. The van der Waals surface area contributed by atoms with E-state index >= 15 is 0 Å². The van der Waals surface area contributed by atoms with Crippen molar-refractivity contribution in [2.75, 3.05) is 13.2 Å². The van der Waals surface area contributed by atoms with E-state index in [1.807, 2.05) is 24.3 Å². The molecule has 1 heterocycles. The van der Waals surface area contributed by atoms with E-state index in [1.54, 1.807) is 6.92 Å². The Hall–Kier alpha value is -2.17. The van der Waals surface area contributed by atoms with E-state index in [0.29, 0.717) is 12.4 Å². The van der Waals surface area contributed by atoms with Gasteiger partial charge in [-0.3, -0.25) is 9.59 Å². The molecule has 5 nitrogen and oxygen atoms in total. The molecular weight excluding hydrogens is 296 g/mol. The average Bonchev–Trinajstić information content (AvgIpc) is 2.49. The third-order valence-electron chi connectivity index (χ3n) is 4.13. The molecule has 3 atom stereocenters. The number of ether oxygens (including phenoxy) is 2. The molecule has 0 spiro atoms. The lowest BCUT2D eigenvalue weighted by molar-refractivity contribution is -0.153. The number of para-hydroxylation sites is 1. The maximum absolute atomic E-state index is 12.4. The summed E-state index contributed by atoms with van der Waals surface area (Å²) in [5.41, 5.74) is 0.790. The summed E-state index contributed by atoms with van der Waals surface area (Å²) in [6.45, 7) is 5.13. The molecule has 0 aromatic heterocycles. The lowest BCUT2D eigenvalue weighted by Gasteiger charge is -2.36. The van der Waals surface area contributed by atoms with Crippen LogP contribution in [-0.4, -0.2) is 30.7 Å². The predicted molar refractivity (Wildman–Crippen MR) is 84.3 cm³/mol. The molecule has 2 rings (SSSR count). The molecule has 0 bridgehead atoms. The van der Waals surface area contributed by atoms with Crippen molar-refractivity contribution >= 4 is 17.5 Å². The molecule has 0 amide bonds. The van der Waals surface area contributed by atoms with Gasteiger partial charge in [0.15, 0.2) is 0 Å². The zero-order chi connectivity index (χ0) is 17.0. The summed E-state index contributed by atoms with van der Waals surface area (Å²) in [7, 11) is 0. The number of carbonyl (C=O) groups is 3. The van der Waals surface area contributed by atoms with Gasteiger partial charge in [0.05, 0.1) is 13.2 Å². The molecule has 124 valence electrons. The molecule has 0 saturated heterocycles. The fourth-order valence-corrected chi connectivity index (χ4v) is 3.25. The molecule has 0 radical (unpaired) electrons. The Labute approximate surface area is 136 Å². The Morgan fingerprint density at radius 2 is 1.96 bits per heavy atom. The number of rotatable bonds is 6. The van der Waals surface area contributed by atoms with Crippen LogP contribution in [0.4, 0.5) is 0 Å². The van der Waals surface area contributed by atoms with E-state index in [9.17, 15) is 14.4 Å². The molecule has 1 aromatic rings. The number of hydrogen-bond donors (Lipinski definition) is 0. The number of esters is 1. The van der Waals surface area contributed by atoms with Gasteiger partial charge in [-0.25, -0.2) is 0 Å². The van der Waals surface area contributed by atoms with Crippen LogP contribution in [0.25, 0.3) is 0 Å². The first-order chi connectivity index (χ1) is 11.0. The lowest BCUT2D eigenvalue weighted by atomic mass is 9.72. The maximum atomic E-state index is 12.4. The Morgan fingerprint density at radius 3 is 2.57 bits per heavy atom. The molecule has 1 aromatic carbocycles. The number of ketones is 2. The molecule has 3 unspecified atom stereocenters. The number of carbonyl (C=O) groups excluding carboxylic acids is 3. The van der Waals surface area contributed by atoms with E-state index in [2.05, 4.69) is 0 Å². The van der Waals surface area contributed by atoms with Crippen molar-refractivity contribution < 1.29 is 23.9 Å². The van der Waals surface area contributed by atoms with Gasteiger partial charge in [0, 0.05) is 18.3 Å². The van der Waals surface area contributed by atoms with Crippen molar-refractivity contribution in [1.29, 1.82) is 0 Å². The first kappa shape index (κ1) is 17.2. The molecule has 23 heavy (non-hydrogen) atoms. The molecule has 1 aliphatic heterocycles. The summed E-state index contributed by atoms with van der Waals surface area (Å²) >= 11 is 0.